The first-order valence-electron chi connectivity index (χ1n) is 24.2. The van der Waals surface area contributed by atoms with Gasteiger partial charge in [0.1, 0.15) is 0 Å². The summed E-state index contributed by atoms with van der Waals surface area (Å²) in [6.07, 6.45) is 45.9. The summed E-state index contributed by atoms with van der Waals surface area (Å²) in [4.78, 5) is 0. The lowest BCUT2D eigenvalue weighted by Gasteiger charge is -2.54. The predicted molar refractivity (Wildman–Crippen MR) is 209 cm³/mol. The summed E-state index contributed by atoms with van der Waals surface area (Å²) in [7, 11) is 0. The van der Waals surface area contributed by atoms with Gasteiger partial charge in [-0.15, -0.1) is 0 Å². The number of ether oxygens (including phenoxy) is 1. The molecule has 15 unspecified atom stereocenters. The molecule has 4 heteroatoms. The third-order valence-corrected chi connectivity index (χ3v) is 18.9. The standard InChI is InChI=1S/C47H79N3O/c1-3-14-31(15-4-1)45-48-46(32-16-5-2-6-17-32)50-47(49-45)39-23-12-24-42-43(39)41-29-40(37-21-9-10-22-38(37)44(41)51-42)36-20-11-19-34(28-36)35-26-25-30-13-7-8-18-33(30)27-35/h30-50H,1-29H2. The lowest BCUT2D eigenvalue weighted by Crippen LogP contribution is -2.73. The van der Waals surface area contributed by atoms with Crippen molar-refractivity contribution in [3.05, 3.63) is 0 Å². The zero-order valence-electron chi connectivity index (χ0n) is 32.8. The summed E-state index contributed by atoms with van der Waals surface area (Å²) in [5, 5.41) is 13.0. The van der Waals surface area contributed by atoms with Gasteiger partial charge in [0, 0.05) is 0 Å². The Hall–Kier alpha value is -0.160. The van der Waals surface area contributed by atoms with E-state index in [1.54, 1.807) is 57.8 Å². The zero-order valence-corrected chi connectivity index (χ0v) is 32.8. The molecule has 0 amide bonds. The van der Waals surface area contributed by atoms with Gasteiger partial charge in [-0.2, -0.15) is 0 Å². The molecule has 15 atom stereocenters. The quantitative estimate of drug-likeness (QED) is 0.267. The number of rotatable bonds is 5. The van der Waals surface area contributed by atoms with Crippen LogP contribution in [0.1, 0.15) is 186 Å². The van der Waals surface area contributed by atoms with Crippen molar-refractivity contribution < 1.29 is 4.74 Å². The van der Waals surface area contributed by atoms with Crippen LogP contribution in [-0.2, 0) is 4.74 Å². The molecule has 4 nitrogen and oxygen atoms in total. The Kier molecular flexibility index (Phi) is 10.9. The van der Waals surface area contributed by atoms with Crippen molar-refractivity contribution in [1.82, 2.24) is 16.0 Å². The van der Waals surface area contributed by atoms with E-state index in [-0.39, 0.29) is 0 Å². The average molecular weight is 702 g/mol. The predicted octanol–water partition coefficient (Wildman–Crippen LogP) is 10.9. The van der Waals surface area contributed by atoms with Crippen LogP contribution in [0, 0.1) is 76.9 Å². The van der Waals surface area contributed by atoms with E-state index in [0.717, 1.165) is 76.9 Å². The molecule has 0 aromatic carbocycles. The molecule has 2 aliphatic heterocycles. The van der Waals surface area contributed by atoms with E-state index in [0.29, 0.717) is 30.7 Å². The Bertz CT molecular complexity index is 1110. The van der Waals surface area contributed by atoms with Crippen molar-refractivity contribution in [3.63, 3.8) is 0 Å². The second kappa shape index (κ2) is 15.8. The van der Waals surface area contributed by atoms with Gasteiger partial charge in [-0.25, -0.2) is 0 Å². The van der Waals surface area contributed by atoms with Gasteiger partial charge in [-0.1, -0.05) is 103 Å². The Balaban J connectivity index is 0.887. The van der Waals surface area contributed by atoms with E-state index in [9.17, 15) is 0 Å². The topological polar surface area (TPSA) is 45.3 Å². The molecule has 3 N–H and O–H groups in total. The number of hydrogen-bond donors (Lipinski definition) is 3. The van der Waals surface area contributed by atoms with Gasteiger partial charge in [-0.05, 0) is 160 Å². The molecule has 10 fully saturated rings. The summed E-state index contributed by atoms with van der Waals surface area (Å²) in [6, 6.07) is 0. The lowest BCUT2D eigenvalue weighted by molar-refractivity contribution is -0.0887. The van der Waals surface area contributed by atoms with E-state index in [1.165, 1.54) is 128 Å². The van der Waals surface area contributed by atoms with Gasteiger partial charge in [0.15, 0.2) is 0 Å². The minimum Gasteiger partial charge on any atom is -0.374 e. The fourth-order valence-electron chi connectivity index (χ4n) is 16.6. The van der Waals surface area contributed by atoms with Crippen molar-refractivity contribution in [3.8, 4) is 0 Å². The Morgan fingerprint density at radius 3 is 1.55 bits per heavy atom. The first-order valence-corrected chi connectivity index (χ1v) is 24.2. The molecule has 10 aliphatic rings. The first kappa shape index (κ1) is 35.3. The highest BCUT2D eigenvalue weighted by molar-refractivity contribution is 5.08. The van der Waals surface area contributed by atoms with Gasteiger partial charge in [0.05, 0.1) is 30.7 Å². The first-order chi connectivity index (χ1) is 25.3. The summed E-state index contributed by atoms with van der Waals surface area (Å²) in [5.41, 5.74) is 0. The molecule has 0 radical (unpaired) electrons. The second-order valence-corrected chi connectivity index (χ2v) is 21.3. The summed E-state index contributed by atoms with van der Waals surface area (Å²) in [6.45, 7) is 0. The smallest absolute Gasteiger partial charge is 0.0641 e. The molecule has 2 saturated heterocycles. The summed E-state index contributed by atoms with van der Waals surface area (Å²) < 4.78 is 7.48. The minimum absolute atomic E-state index is 0.469. The maximum atomic E-state index is 7.48. The molecule has 0 aromatic heterocycles. The number of nitrogens with one attached hydrogen (secondary N) is 3. The Morgan fingerprint density at radius 2 is 0.784 bits per heavy atom. The van der Waals surface area contributed by atoms with Crippen LogP contribution in [0.2, 0.25) is 0 Å². The fourth-order valence-corrected chi connectivity index (χ4v) is 16.6. The van der Waals surface area contributed by atoms with E-state index < -0.39 is 0 Å². The molecule has 8 saturated carbocycles. The highest BCUT2D eigenvalue weighted by atomic mass is 16.5. The zero-order chi connectivity index (χ0) is 33.7. The summed E-state index contributed by atoms with van der Waals surface area (Å²) >= 11 is 0. The maximum absolute atomic E-state index is 7.48. The molecular weight excluding hydrogens is 623 g/mol. The molecule has 8 aliphatic carbocycles. The average Bonchev–Trinajstić information content (AvgIpc) is 3.60. The van der Waals surface area contributed by atoms with Crippen molar-refractivity contribution in [2.75, 3.05) is 0 Å². The molecule has 2 heterocycles. The van der Waals surface area contributed by atoms with Crippen LogP contribution in [0.4, 0.5) is 0 Å². The number of fused-ring (bicyclic) bond motifs is 6. The maximum Gasteiger partial charge on any atom is 0.0641 e. The Morgan fingerprint density at radius 1 is 0.294 bits per heavy atom. The largest absolute Gasteiger partial charge is 0.374 e. The summed E-state index contributed by atoms with van der Waals surface area (Å²) in [5.74, 6) is 12.1. The van der Waals surface area contributed by atoms with Gasteiger partial charge in [-0.3, -0.25) is 16.0 Å². The number of hydrogen-bond acceptors (Lipinski definition) is 4. The highest BCUT2D eigenvalue weighted by Crippen LogP contribution is 2.60. The van der Waals surface area contributed by atoms with Gasteiger partial charge in [0.25, 0.3) is 0 Å². The van der Waals surface area contributed by atoms with Crippen molar-refractivity contribution in [2.45, 2.75) is 217 Å². The van der Waals surface area contributed by atoms with Gasteiger partial charge in [0.2, 0.25) is 0 Å². The highest BCUT2D eigenvalue weighted by Gasteiger charge is 2.59. The van der Waals surface area contributed by atoms with E-state index in [1.807, 2.05) is 0 Å². The molecular formula is C47H79N3O. The van der Waals surface area contributed by atoms with Gasteiger partial charge < -0.3 is 4.74 Å². The lowest BCUT2D eigenvalue weighted by atomic mass is 9.52. The third kappa shape index (κ3) is 7.09. The van der Waals surface area contributed by atoms with Crippen LogP contribution in [0.3, 0.4) is 0 Å². The minimum atomic E-state index is 0.469. The SMILES string of the molecule is C1CCC(C2NC(C3CCCCC3)NC(C3CCCC4OC5C6CCCCC6C(C6CCCC(C7CCC8CCCCC8C7)C6)CC5C43)N2)CC1. The van der Waals surface area contributed by atoms with Crippen LogP contribution < -0.4 is 16.0 Å². The van der Waals surface area contributed by atoms with Crippen molar-refractivity contribution >= 4 is 0 Å². The second-order valence-electron chi connectivity index (χ2n) is 21.3. The molecule has 51 heavy (non-hydrogen) atoms. The van der Waals surface area contributed by atoms with Crippen LogP contribution in [0.15, 0.2) is 0 Å². The molecule has 0 bridgehead atoms. The molecule has 10 rings (SSSR count). The normalized spacial score (nSPS) is 51.5. The van der Waals surface area contributed by atoms with Crippen LogP contribution >= 0.6 is 0 Å². The fraction of sp³-hybridized carbons (Fsp3) is 1.00. The van der Waals surface area contributed by atoms with Crippen molar-refractivity contribution in [1.29, 1.82) is 0 Å². The monoisotopic (exact) mass is 702 g/mol. The molecule has 0 spiro atoms. The molecule has 0 aromatic rings. The molecule has 288 valence electrons. The third-order valence-electron chi connectivity index (χ3n) is 18.9. The van der Waals surface area contributed by atoms with E-state index in [2.05, 4.69) is 16.0 Å². The van der Waals surface area contributed by atoms with Crippen LogP contribution in [0.25, 0.3) is 0 Å². The Labute approximate surface area is 313 Å². The van der Waals surface area contributed by atoms with Crippen LogP contribution in [-0.4, -0.2) is 30.7 Å². The van der Waals surface area contributed by atoms with E-state index in [4.69, 9.17) is 4.74 Å². The van der Waals surface area contributed by atoms with E-state index >= 15 is 0 Å². The van der Waals surface area contributed by atoms with Crippen molar-refractivity contribution in [2.24, 2.45) is 76.9 Å². The van der Waals surface area contributed by atoms with Gasteiger partial charge >= 0.3 is 0 Å². The van der Waals surface area contributed by atoms with Crippen LogP contribution in [0.5, 0.6) is 0 Å².